The zero-order chi connectivity index (χ0) is 22.7. The number of hydrogen-bond acceptors (Lipinski definition) is 5. The molecule has 1 saturated carbocycles. The topological polar surface area (TPSA) is 124 Å². The number of allylic oxidation sites excluding steroid dienone is 4. The Morgan fingerprint density at radius 3 is 2.20 bits per heavy atom. The molecule has 1 fully saturated rings. The fourth-order valence-corrected chi connectivity index (χ4v) is 3.48. The van der Waals surface area contributed by atoms with Crippen LogP contribution < -0.4 is 5.73 Å². The van der Waals surface area contributed by atoms with E-state index < -0.39 is 31.3 Å². The quantitative estimate of drug-likeness (QED) is 0.200. The van der Waals surface area contributed by atoms with Crippen molar-refractivity contribution in [2.24, 2.45) is 17.6 Å². The van der Waals surface area contributed by atoms with Gasteiger partial charge in [0.2, 0.25) is 0 Å². The molecule has 0 spiro atoms. The zero-order valence-electron chi connectivity index (χ0n) is 18.8. The van der Waals surface area contributed by atoms with Gasteiger partial charge in [0.1, 0.15) is 0 Å². The van der Waals surface area contributed by atoms with Crippen molar-refractivity contribution >= 4 is 5.97 Å². The molecule has 1 rings (SSSR count). The number of aliphatic hydroxyl groups excluding tert-OH is 3. The van der Waals surface area contributed by atoms with Crippen LogP contribution in [0.1, 0.15) is 84.0 Å². The van der Waals surface area contributed by atoms with E-state index in [1.165, 1.54) is 51.4 Å². The lowest BCUT2D eigenvalue weighted by Gasteiger charge is -2.20. The monoisotopic (exact) mass is 427 g/mol. The number of carboxylic acids is 1. The molecule has 2 atom stereocenters. The van der Waals surface area contributed by atoms with Gasteiger partial charge >= 0.3 is 5.97 Å². The molecular weight excluding hydrogens is 382 g/mol. The third-order valence-corrected chi connectivity index (χ3v) is 5.64. The Bertz CT molecular complexity index is 466. The van der Waals surface area contributed by atoms with Crippen molar-refractivity contribution in [3.05, 3.63) is 24.3 Å². The van der Waals surface area contributed by atoms with Crippen molar-refractivity contribution in [1.82, 2.24) is 0 Å². The van der Waals surface area contributed by atoms with Crippen LogP contribution in [0.25, 0.3) is 0 Å². The summed E-state index contributed by atoms with van der Waals surface area (Å²) in [4.78, 5) is 10.4. The summed E-state index contributed by atoms with van der Waals surface area (Å²) in [5.41, 5.74) is 3.94. The number of hydrogen-bond donors (Lipinski definition) is 5. The van der Waals surface area contributed by atoms with E-state index in [9.17, 15) is 4.79 Å². The normalized spacial score (nSPS) is 19.4. The molecule has 0 radical (unpaired) electrons. The molecule has 0 unspecified atom stereocenters. The van der Waals surface area contributed by atoms with Crippen molar-refractivity contribution in [2.75, 3.05) is 19.8 Å². The summed E-state index contributed by atoms with van der Waals surface area (Å²) >= 11 is 0. The molecule has 0 saturated heterocycles. The summed E-state index contributed by atoms with van der Waals surface area (Å²) in [7, 11) is 0. The molecule has 0 aromatic rings. The van der Waals surface area contributed by atoms with Gasteiger partial charge in [-0.05, 0) is 56.8 Å². The lowest BCUT2D eigenvalue weighted by atomic mass is 9.92. The largest absolute Gasteiger partial charge is 0.481 e. The summed E-state index contributed by atoms with van der Waals surface area (Å²) in [6.07, 6.45) is 23.1. The molecule has 6 nitrogen and oxygen atoms in total. The first-order valence-electron chi connectivity index (χ1n) is 11.6. The summed E-state index contributed by atoms with van der Waals surface area (Å²) in [5.74, 6) is 0.894. The lowest BCUT2D eigenvalue weighted by molar-refractivity contribution is -0.137. The van der Waals surface area contributed by atoms with Crippen LogP contribution in [0, 0.1) is 11.8 Å². The van der Waals surface area contributed by atoms with Gasteiger partial charge in [-0.25, -0.2) is 0 Å². The van der Waals surface area contributed by atoms with Gasteiger partial charge in [0.15, 0.2) is 0 Å². The highest BCUT2D eigenvalue weighted by Gasteiger charge is 2.23. The SMILES string of the molecule is CCCCCC/C=C/[C@H]1CCC[C@@H]1C/C=C/CCCC(=O)O.NC(CO)(CO)CO. The molecule has 0 heterocycles. The average Bonchev–Trinajstić information content (AvgIpc) is 3.20. The molecule has 0 bridgehead atoms. The maximum absolute atomic E-state index is 10.4. The van der Waals surface area contributed by atoms with Crippen molar-refractivity contribution in [3.8, 4) is 0 Å². The second kappa shape index (κ2) is 18.6. The van der Waals surface area contributed by atoms with Gasteiger partial charge in [0.25, 0.3) is 0 Å². The number of carbonyl (C=O) groups is 1. The van der Waals surface area contributed by atoms with Gasteiger partial charge in [0, 0.05) is 6.42 Å². The standard InChI is InChI=1S/C20H34O2.C4H11NO3/c1-2-3-4-5-6-9-13-18-15-12-16-19(18)14-10-7-8-11-17-20(21)22;5-4(1-6,2-7)3-8/h7,9-10,13,18-19H,2-6,8,11-12,14-17H2,1H3,(H,21,22);6-8H,1-3,5H2/b10-7+,13-9+;/t18-,19-;/m0./s1. The van der Waals surface area contributed by atoms with E-state index in [1.54, 1.807) is 0 Å². The average molecular weight is 428 g/mol. The van der Waals surface area contributed by atoms with E-state index >= 15 is 0 Å². The van der Waals surface area contributed by atoms with Crippen LogP contribution in [0.2, 0.25) is 0 Å². The highest BCUT2D eigenvalue weighted by Crippen LogP contribution is 2.35. The van der Waals surface area contributed by atoms with Crippen LogP contribution in [0.5, 0.6) is 0 Å². The van der Waals surface area contributed by atoms with Crippen molar-refractivity contribution in [3.63, 3.8) is 0 Å². The van der Waals surface area contributed by atoms with Crippen molar-refractivity contribution in [1.29, 1.82) is 0 Å². The first-order valence-corrected chi connectivity index (χ1v) is 11.6. The number of carboxylic acid groups (broad SMARTS) is 1. The summed E-state index contributed by atoms with van der Waals surface area (Å²) in [6, 6.07) is 0. The smallest absolute Gasteiger partial charge is 0.303 e. The van der Waals surface area contributed by atoms with Gasteiger partial charge in [-0.15, -0.1) is 0 Å². The maximum atomic E-state index is 10.4. The Labute approximate surface area is 182 Å². The van der Waals surface area contributed by atoms with E-state index in [0.717, 1.165) is 31.1 Å². The maximum Gasteiger partial charge on any atom is 0.303 e. The second-order valence-electron chi connectivity index (χ2n) is 8.46. The summed E-state index contributed by atoms with van der Waals surface area (Å²) in [5, 5.41) is 33.6. The third kappa shape index (κ3) is 14.7. The van der Waals surface area contributed by atoms with Gasteiger partial charge in [0.05, 0.1) is 25.4 Å². The molecule has 176 valence electrons. The van der Waals surface area contributed by atoms with Gasteiger partial charge < -0.3 is 26.2 Å². The first kappa shape index (κ1) is 28.8. The Hall–Kier alpha value is -1.21. The number of aliphatic hydroxyl groups is 3. The number of nitrogens with two attached hydrogens (primary N) is 1. The van der Waals surface area contributed by atoms with Crippen LogP contribution in [0.15, 0.2) is 24.3 Å². The lowest BCUT2D eigenvalue weighted by Crippen LogP contribution is -2.50. The number of unbranched alkanes of at least 4 members (excludes halogenated alkanes) is 5. The Morgan fingerprint density at radius 1 is 0.967 bits per heavy atom. The van der Waals surface area contributed by atoms with E-state index in [2.05, 4.69) is 31.2 Å². The number of aliphatic carboxylic acids is 1. The Kier molecular flexibility index (Phi) is 17.8. The summed E-state index contributed by atoms with van der Waals surface area (Å²) < 4.78 is 0. The van der Waals surface area contributed by atoms with Crippen molar-refractivity contribution < 1.29 is 25.2 Å². The van der Waals surface area contributed by atoms with E-state index in [4.69, 9.17) is 26.2 Å². The van der Waals surface area contributed by atoms with Gasteiger partial charge in [-0.2, -0.15) is 0 Å². The molecular formula is C24H45NO5. The van der Waals surface area contributed by atoms with E-state index in [0.29, 0.717) is 0 Å². The molecule has 6 heteroatoms. The van der Waals surface area contributed by atoms with Gasteiger partial charge in [-0.1, -0.05) is 56.9 Å². The third-order valence-electron chi connectivity index (χ3n) is 5.64. The predicted octanol–water partition coefficient (Wildman–Crippen LogP) is 3.79. The second-order valence-corrected chi connectivity index (χ2v) is 8.46. The Balaban J connectivity index is 0.000000890. The minimum Gasteiger partial charge on any atom is -0.481 e. The summed E-state index contributed by atoms with van der Waals surface area (Å²) in [6.45, 7) is 1.05. The molecule has 1 aliphatic rings. The molecule has 0 aromatic heterocycles. The highest BCUT2D eigenvalue weighted by atomic mass is 16.4. The molecule has 6 N–H and O–H groups in total. The zero-order valence-corrected chi connectivity index (χ0v) is 18.8. The van der Waals surface area contributed by atoms with Gasteiger partial charge in [-0.3, -0.25) is 4.79 Å². The van der Waals surface area contributed by atoms with E-state index in [-0.39, 0.29) is 6.42 Å². The minimum absolute atomic E-state index is 0.289. The van der Waals surface area contributed by atoms with Crippen LogP contribution in [0.4, 0.5) is 0 Å². The minimum atomic E-state index is -1.21. The molecule has 30 heavy (non-hydrogen) atoms. The van der Waals surface area contributed by atoms with Crippen LogP contribution in [0.3, 0.4) is 0 Å². The van der Waals surface area contributed by atoms with Crippen molar-refractivity contribution in [2.45, 2.75) is 89.5 Å². The molecule has 0 aromatic carbocycles. The predicted molar refractivity (Wildman–Crippen MR) is 122 cm³/mol. The van der Waals surface area contributed by atoms with E-state index in [1.807, 2.05) is 0 Å². The molecule has 0 amide bonds. The number of rotatable bonds is 15. The molecule has 1 aliphatic carbocycles. The molecule has 0 aliphatic heterocycles. The Morgan fingerprint density at radius 2 is 1.63 bits per heavy atom. The highest BCUT2D eigenvalue weighted by molar-refractivity contribution is 5.66. The van der Waals surface area contributed by atoms with Crippen LogP contribution in [-0.2, 0) is 4.79 Å². The fraction of sp³-hybridized carbons (Fsp3) is 0.792. The first-order chi connectivity index (χ1) is 14.4. The van der Waals surface area contributed by atoms with Crippen LogP contribution in [-0.4, -0.2) is 51.8 Å². The fourth-order valence-electron chi connectivity index (χ4n) is 3.48. The van der Waals surface area contributed by atoms with Crippen LogP contribution >= 0.6 is 0 Å².